The van der Waals surface area contributed by atoms with Crippen molar-refractivity contribution >= 4 is 17.2 Å². The number of anilines is 1. The van der Waals surface area contributed by atoms with E-state index in [1.54, 1.807) is 0 Å². The van der Waals surface area contributed by atoms with Crippen LogP contribution in [-0.4, -0.2) is 55.0 Å². The van der Waals surface area contributed by atoms with E-state index in [-0.39, 0.29) is 11.8 Å². The lowest BCUT2D eigenvalue weighted by molar-refractivity contribution is -0.134. The summed E-state index contributed by atoms with van der Waals surface area (Å²) in [4.78, 5) is 17.2. The number of rotatable bonds is 3. The first kappa shape index (κ1) is 15.7. The fourth-order valence-corrected chi connectivity index (χ4v) is 4.77. The monoisotopic (exact) mass is 325 g/mol. The average molecular weight is 325 g/mol. The molecular formula is C20H27N3O. The van der Waals surface area contributed by atoms with Crippen LogP contribution in [0.25, 0.3) is 5.57 Å². The molecule has 2 heterocycles. The third-order valence-electron chi connectivity index (χ3n) is 6.02. The van der Waals surface area contributed by atoms with Crippen LogP contribution in [0.5, 0.6) is 0 Å². The van der Waals surface area contributed by atoms with E-state index in [0.717, 1.165) is 32.6 Å². The first-order valence-corrected chi connectivity index (χ1v) is 9.21. The maximum atomic E-state index is 12.9. The Bertz CT molecular complexity index is 692. The fraction of sp³-hybridized carbons (Fsp3) is 0.550. The molecule has 0 saturated carbocycles. The van der Waals surface area contributed by atoms with Crippen LogP contribution in [0.1, 0.15) is 37.3 Å². The minimum absolute atomic E-state index is 0.0251. The Morgan fingerprint density at radius 3 is 2.88 bits per heavy atom. The van der Waals surface area contributed by atoms with Gasteiger partial charge < -0.3 is 10.2 Å². The van der Waals surface area contributed by atoms with Crippen LogP contribution in [0.4, 0.5) is 5.69 Å². The molecule has 0 spiro atoms. The molecule has 1 aliphatic carbocycles. The Kier molecular flexibility index (Phi) is 3.87. The van der Waals surface area contributed by atoms with Crippen LogP contribution < -0.4 is 5.32 Å². The number of nitrogens with zero attached hydrogens (tertiary/aromatic N) is 2. The lowest BCUT2D eigenvalue weighted by Gasteiger charge is -2.42. The summed E-state index contributed by atoms with van der Waals surface area (Å²) in [6, 6.07) is 7.01. The topological polar surface area (TPSA) is 35.6 Å². The molecule has 1 aromatic rings. The van der Waals surface area contributed by atoms with Crippen molar-refractivity contribution in [1.29, 1.82) is 0 Å². The molecule has 0 aromatic heterocycles. The molecule has 0 fully saturated rings. The molecule has 1 N–H and O–H groups in total. The summed E-state index contributed by atoms with van der Waals surface area (Å²) in [6.45, 7) is 7.57. The molecule has 1 amide bonds. The average Bonchev–Trinajstić information content (AvgIpc) is 3.01. The standard InChI is InChI=1S/C20H27N3O/c1-4-23(5-2)20(24)14-9-16-15-7-6-8-17-19(15)13(11-21-17)10-18(16)22(3)12-14/h6-9,13-14,18,21H,4-5,10-12H2,1-3H3. The first-order valence-electron chi connectivity index (χ1n) is 9.21. The highest BCUT2D eigenvalue weighted by Gasteiger charge is 2.41. The van der Waals surface area contributed by atoms with Crippen LogP contribution in [-0.2, 0) is 4.79 Å². The molecule has 1 aromatic carbocycles. The zero-order chi connectivity index (χ0) is 16.8. The van der Waals surface area contributed by atoms with E-state index < -0.39 is 0 Å². The zero-order valence-electron chi connectivity index (χ0n) is 14.9. The summed E-state index contributed by atoms with van der Waals surface area (Å²) < 4.78 is 0. The van der Waals surface area contributed by atoms with Gasteiger partial charge in [0.25, 0.3) is 0 Å². The van der Waals surface area contributed by atoms with Gasteiger partial charge in [-0.05, 0) is 50.1 Å². The molecule has 128 valence electrons. The molecule has 4 heteroatoms. The predicted molar refractivity (Wildman–Crippen MR) is 98.1 cm³/mol. The van der Waals surface area contributed by atoms with Crippen molar-refractivity contribution in [3.63, 3.8) is 0 Å². The second kappa shape index (κ2) is 5.92. The lowest BCUT2D eigenvalue weighted by Crippen LogP contribution is -2.47. The van der Waals surface area contributed by atoms with Gasteiger partial charge in [-0.2, -0.15) is 0 Å². The van der Waals surface area contributed by atoms with Crippen LogP contribution in [0.3, 0.4) is 0 Å². The van der Waals surface area contributed by atoms with Gasteiger partial charge in [-0.1, -0.05) is 18.2 Å². The van der Waals surface area contributed by atoms with Crippen LogP contribution in [0.15, 0.2) is 24.3 Å². The number of amides is 1. The minimum Gasteiger partial charge on any atom is -0.384 e. The Labute approximate surface area is 144 Å². The molecule has 4 nitrogen and oxygen atoms in total. The summed E-state index contributed by atoms with van der Waals surface area (Å²) in [5.41, 5.74) is 5.50. The molecule has 3 unspecified atom stereocenters. The van der Waals surface area contributed by atoms with Gasteiger partial charge in [0.15, 0.2) is 0 Å². The van der Waals surface area contributed by atoms with Crippen molar-refractivity contribution in [2.24, 2.45) is 5.92 Å². The number of fused-ring (bicyclic) bond motifs is 2. The van der Waals surface area contributed by atoms with E-state index in [4.69, 9.17) is 0 Å². The van der Waals surface area contributed by atoms with Crippen LogP contribution in [0, 0.1) is 5.92 Å². The van der Waals surface area contributed by atoms with Gasteiger partial charge in [-0.25, -0.2) is 0 Å². The van der Waals surface area contributed by atoms with Gasteiger partial charge in [0.1, 0.15) is 0 Å². The first-order chi connectivity index (χ1) is 11.6. The van der Waals surface area contributed by atoms with Gasteiger partial charge in [0.2, 0.25) is 5.91 Å². The van der Waals surface area contributed by atoms with Gasteiger partial charge in [-0.15, -0.1) is 0 Å². The summed E-state index contributed by atoms with van der Waals surface area (Å²) in [6.07, 6.45) is 3.43. The third-order valence-corrected chi connectivity index (χ3v) is 6.02. The molecular weight excluding hydrogens is 298 g/mol. The second-order valence-electron chi connectivity index (χ2n) is 7.27. The summed E-state index contributed by atoms with van der Waals surface area (Å²) in [5, 5.41) is 3.56. The highest BCUT2D eigenvalue weighted by Crippen LogP contribution is 2.48. The number of benzene rings is 1. The quantitative estimate of drug-likeness (QED) is 0.928. The van der Waals surface area contributed by atoms with Crippen LogP contribution in [0.2, 0.25) is 0 Å². The number of carbonyl (C=O) groups excluding carboxylic acids is 1. The zero-order valence-corrected chi connectivity index (χ0v) is 14.9. The van der Waals surface area contributed by atoms with E-state index in [0.29, 0.717) is 12.0 Å². The largest absolute Gasteiger partial charge is 0.384 e. The van der Waals surface area contributed by atoms with E-state index in [1.165, 1.54) is 22.4 Å². The molecule has 0 bridgehead atoms. The van der Waals surface area contributed by atoms with E-state index in [2.05, 4.69) is 55.4 Å². The molecule has 3 aliphatic rings. The van der Waals surface area contributed by atoms with Gasteiger partial charge >= 0.3 is 0 Å². The Hall–Kier alpha value is -1.81. The SMILES string of the molecule is CCN(CC)C(=O)C1C=C2c3cccc4c3C(CN4)CC2N(C)C1. The van der Waals surface area contributed by atoms with Crippen molar-refractivity contribution in [3.8, 4) is 0 Å². The Morgan fingerprint density at radius 1 is 1.33 bits per heavy atom. The van der Waals surface area contributed by atoms with Crippen molar-refractivity contribution in [1.82, 2.24) is 9.80 Å². The van der Waals surface area contributed by atoms with E-state index >= 15 is 0 Å². The molecule has 4 rings (SSSR count). The number of hydrogen-bond donors (Lipinski definition) is 1. The van der Waals surface area contributed by atoms with Gasteiger partial charge in [0.05, 0.1) is 5.92 Å². The number of nitrogens with one attached hydrogen (secondary N) is 1. The maximum absolute atomic E-state index is 12.9. The predicted octanol–water partition coefficient (Wildman–Crippen LogP) is 2.78. The third kappa shape index (κ3) is 2.27. The summed E-state index contributed by atoms with van der Waals surface area (Å²) >= 11 is 0. The van der Waals surface area contributed by atoms with Crippen molar-refractivity contribution in [2.45, 2.75) is 32.2 Å². The summed E-state index contributed by atoms with van der Waals surface area (Å²) in [7, 11) is 2.18. The lowest BCUT2D eigenvalue weighted by atomic mass is 9.74. The van der Waals surface area contributed by atoms with Crippen molar-refractivity contribution in [3.05, 3.63) is 35.4 Å². The maximum Gasteiger partial charge on any atom is 0.230 e. The smallest absolute Gasteiger partial charge is 0.230 e. The normalized spacial score (nSPS) is 27.8. The number of carbonyl (C=O) groups is 1. The molecule has 24 heavy (non-hydrogen) atoms. The van der Waals surface area contributed by atoms with E-state index in [9.17, 15) is 4.79 Å². The summed E-state index contributed by atoms with van der Waals surface area (Å²) in [5.74, 6) is 0.851. The van der Waals surface area contributed by atoms with E-state index in [1.807, 2.05) is 4.90 Å². The Balaban J connectivity index is 1.75. The van der Waals surface area contributed by atoms with Crippen molar-refractivity contribution in [2.75, 3.05) is 38.5 Å². The highest BCUT2D eigenvalue weighted by atomic mass is 16.2. The number of hydrogen-bond acceptors (Lipinski definition) is 3. The Morgan fingerprint density at radius 2 is 2.12 bits per heavy atom. The van der Waals surface area contributed by atoms with Crippen LogP contribution >= 0.6 is 0 Å². The minimum atomic E-state index is -0.0251. The molecule has 0 saturated heterocycles. The molecule has 2 aliphatic heterocycles. The van der Waals surface area contributed by atoms with Crippen molar-refractivity contribution < 1.29 is 4.79 Å². The molecule has 0 radical (unpaired) electrons. The molecule has 3 atom stereocenters. The second-order valence-corrected chi connectivity index (χ2v) is 7.27. The highest BCUT2D eigenvalue weighted by molar-refractivity contribution is 5.87. The van der Waals surface area contributed by atoms with Gasteiger partial charge in [-0.3, -0.25) is 9.69 Å². The number of likely N-dealkylation sites (N-methyl/N-ethyl adjacent to an activating group) is 1. The van der Waals surface area contributed by atoms with Gasteiger partial charge in [0, 0.05) is 43.8 Å². The fourth-order valence-electron chi connectivity index (χ4n) is 4.77.